The molecule has 0 unspecified atom stereocenters. The van der Waals surface area contributed by atoms with E-state index < -0.39 is 23.9 Å². The van der Waals surface area contributed by atoms with E-state index in [9.17, 15) is 39.6 Å². The fourth-order valence-electron chi connectivity index (χ4n) is 5.82. The first kappa shape index (κ1) is 42.5. The number of piperazine rings is 1. The molecule has 4 aromatic carbocycles. The highest BCUT2D eigenvalue weighted by Gasteiger charge is 2.16. The van der Waals surface area contributed by atoms with Crippen LogP contribution in [0.15, 0.2) is 93.3 Å². The number of nitrogens with one attached hydrogen (secondary N) is 4. The van der Waals surface area contributed by atoms with Gasteiger partial charge in [0.2, 0.25) is 17.8 Å². The summed E-state index contributed by atoms with van der Waals surface area (Å²) in [5.74, 6) is -4.15. The van der Waals surface area contributed by atoms with Crippen LogP contribution in [0.3, 0.4) is 0 Å². The van der Waals surface area contributed by atoms with Gasteiger partial charge in [0, 0.05) is 51.4 Å². The van der Waals surface area contributed by atoms with E-state index in [1.807, 2.05) is 0 Å². The molecule has 314 valence electrons. The third-order valence-electron chi connectivity index (χ3n) is 8.80. The topological polar surface area (TPSA) is 307 Å². The Kier molecular flexibility index (Phi) is 13.6. The van der Waals surface area contributed by atoms with Crippen molar-refractivity contribution < 1.29 is 49.1 Å². The molecular weight excluding hydrogens is 797 g/mol. The van der Waals surface area contributed by atoms with Crippen LogP contribution in [0.5, 0.6) is 11.5 Å². The number of aromatic nitrogens is 3. The van der Waals surface area contributed by atoms with Gasteiger partial charge in [-0.2, -0.15) is 35.4 Å². The van der Waals surface area contributed by atoms with Crippen molar-refractivity contribution in [2.45, 2.75) is 0 Å². The summed E-state index contributed by atoms with van der Waals surface area (Å²) in [5.41, 5.74) is 0.506. The summed E-state index contributed by atoms with van der Waals surface area (Å²) >= 11 is 0. The number of carboxylic acids is 4. The molecule has 8 N–H and O–H groups in total. The Hall–Kier alpha value is -8.11. The quantitative estimate of drug-likeness (QED) is 0.0448. The van der Waals surface area contributed by atoms with Crippen molar-refractivity contribution in [2.75, 3.05) is 69.4 Å². The number of hydrogen-bond donors (Lipinski definition) is 8. The second-order valence-electron chi connectivity index (χ2n) is 13.0. The molecule has 1 aliphatic heterocycles. The molecule has 2 heterocycles. The summed E-state index contributed by atoms with van der Waals surface area (Å²) in [7, 11) is 2.88. The number of ether oxygens (including phenoxy) is 2. The van der Waals surface area contributed by atoms with Crippen molar-refractivity contribution in [3.05, 3.63) is 95.1 Å². The zero-order chi connectivity index (χ0) is 43.5. The van der Waals surface area contributed by atoms with Crippen molar-refractivity contribution in [3.63, 3.8) is 0 Å². The van der Waals surface area contributed by atoms with Crippen LogP contribution in [0.1, 0.15) is 41.4 Å². The second-order valence-corrected chi connectivity index (χ2v) is 13.0. The molecule has 0 atom stereocenters. The first-order valence-electron chi connectivity index (χ1n) is 18.3. The summed E-state index contributed by atoms with van der Waals surface area (Å²) in [4.78, 5) is 62.1. The zero-order valence-corrected chi connectivity index (χ0v) is 32.5. The number of carbonyl (C=O) groups is 4. The van der Waals surface area contributed by atoms with Crippen molar-refractivity contribution in [2.24, 2.45) is 20.5 Å². The van der Waals surface area contributed by atoms with E-state index in [4.69, 9.17) is 9.47 Å². The first-order valence-corrected chi connectivity index (χ1v) is 18.3. The lowest BCUT2D eigenvalue weighted by atomic mass is 10.1. The standard InChI is InChI=1S/C39H38N12O10/c1-60-31-19-25(47-49-27-15-21(33(52)53)13-22(16-27)34(54)55)3-5-29(31)42-38-44-37(41-9-12-51-10-7-40-8-11-51)45-39(46-38)43-30-6-4-26(20-32(30)61-2)48-50-28-17-23(35(56)57)14-24(18-28)36(58)59/h3-6,13-20,40H,7-12H2,1-2H3,(H,52,53)(H,54,55)(H,56,57)(H,58,59)(H3,41,42,43,44,45,46). The number of benzene rings is 4. The van der Waals surface area contributed by atoms with Gasteiger partial charge in [-0.3, -0.25) is 4.90 Å². The van der Waals surface area contributed by atoms with E-state index in [2.05, 4.69) is 61.6 Å². The van der Waals surface area contributed by atoms with Gasteiger partial charge in [0.05, 0.1) is 70.6 Å². The van der Waals surface area contributed by atoms with E-state index in [0.717, 1.165) is 44.9 Å². The second kappa shape index (κ2) is 19.6. The number of anilines is 5. The molecule has 1 fully saturated rings. The van der Waals surface area contributed by atoms with Crippen molar-refractivity contribution in [3.8, 4) is 11.5 Å². The van der Waals surface area contributed by atoms with Gasteiger partial charge in [0.25, 0.3) is 0 Å². The molecule has 22 nitrogen and oxygen atoms in total. The minimum absolute atomic E-state index is 0.0238. The molecule has 1 saturated heterocycles. The van der Waals surface area contributed by atoms with E-state index in [0.29, 0.717) is 40.8 Å². The van der Waals surface area contributed by atoms with E-state index in [1.54, 1.807) is 36.4 Å². The average molecular weight is 835 g/mol. The maximum atomic E-state index is 11.5. The molecule has 0 aliphatic carbocycles. The lowest BCUT2D eigenvalue weighted by molar-refractivity contribution is 0.0676. The Morgan fingerprint density at radius 3 is 1.38 bits per heavy atom. The van der Waals surface area contributed by atoms with Crippen molar-refractivity contribution in [1.29, 1.82) is 0 Å². The fourth-order valence-corrected chi connectivity index (χ4v) is 5.82. The molecule has 61 heavy (non-hydrogen) atoms. The van der Waals surface area contributed by atoms with Gasteiger partial charge < -0.3 is 51.2 Å². The summed E-state index contributed by atoms with van der Waals surface area (Å²) in [5, 5.41) is 66.8. The van der Waals surface area contributed by atoms with Gasteiger partial charge in [-0.1, -0.05) is 0 Å². The van der Waals surface area contributed by atoms with Gasteiger partial charge in [-0.25, -0.2) is 19.2 Å². The number of azo groups is 2. The SMILES string of the molecule is COc1cc(N=Nc2cc(C(=O)O)cc(C(=O)O)c2)ccc1Nc1nc(NCCN2CCNCC2)nc(Nc2ccc(N=Nc3cc(C(=O)O)cc(C(=O)O)c3)cc2OC)n1. The Labute approximate surface area is 346 Å². The van der Waals surface area contributed by atoms with E-state index in [-0.39, 0.29) is 51.5 Å². The molecular formula is C39H38N12O10. The Morgan fingerprint density at radius 1 is 0.590 bits per heavy atom. The van der Waals surface area contributed by atoms with Crippen LogP contribution >= 0.6 is 0 Å². The molecule has 1 aromatic heterocycles. The number of carboxylic acid groups (broad SMARTS) is 4. The highest BCUT2D eigenvalue weighted by atomic mass is 16.5. The summed E-state index contributed by atoms with van der Waals surface area (Å²) in [6, 6.07) is 16.4. The molecule has 0 radical (unpaired) electrons. The molecule has 0 bridgehead atoms. The maximum Gasteiger partial charge on any atom is 0.335 e. The monoisotopic (exact) mass is 834 g/mol. The highest BCUT2D eigenvalue weighted by Crippen LogP contribution is 2.35. The third kappa shape index (κ3) is 11.5. The van der Waals surface area contributed by atoms with Crippen LogP contribution in [-0.2, 0) is 0 Å². The lowest BCUT2D eigenvalue weighted by Gasteiger charge is -2.27. The number of aromatic carboxylic acids is 4. The van der Waals surface area contributed by atoms with Crippen molar-refractivity contribution in [1.82, 2.24) is 25.2 Å². The fraction of sp³-hybridized carbons (Fsp3) is 0.205. The molecule has 22 heteroatoms. The van der Waals surface area contributed by atoms with Crippen LogP contribution in [0.25, 0.3) is 0 Å². The van der Waals surface area contributed by atoms with Gasteiger partial charge in [0.15, 0.2) is 0 Å². The molecule has 0 saturated carbocycles. The van der Waals surface area contributed by atoms with E-state index in [1.165, 1.54) is 38.5 Å². The Bertz CT molecular complexity index is 2310. The summed E-state index contributed by atoms with van der Waals surface area (Å²) < 4.78 is 11.2. The number of methoxy groups -OCH3 is 2. The minimum atomic E-state index is -1.31. The maximum absolute atomic E-state index is 11.5. The zero-order valence-electron chi connectivity index (χ0n) is 32.5. The van der Waals surface area contributed by atoms with Crippen LogP contribution in [0.2, 0.25) is 0 Å². The molecule has 0 spiro atoms. The van der Waals surface area contributed by atoms with Gasteiger partial charge in [-0.05, 0) is 60.7 Å². The Balaban J connectivity index is 1.25. The average Bonchev–Trinajstić information content (AvgIpc) is 3.25. The molecule has 1 aliphatic rings. The molecule has 0 amide bonds. The van der Waals surface area contributed by atoms with Gasteiger partial charge in [-0.15, -0.1) is 0 Å². The predicted octanol–water partition coefficient (Wildman–Crippen LogP) is 6.32. The van der Waals surface area contributed by atoms with Crippen LogP contribution < -0.4 is 30.7 Å². The lowest BCUT2D eigenvalue weighted by Crippen LogP contribution is -2.45. The molecule has 5 aromatic rings. The summed E-state index contributed by atoms with van der Waals surface area (Å²) in [6.07, 6.45) is 0. The normalized spacial score (nSPS) is 12.9. The Morgan fingerprint density at radius 2 is 0.984 bits per heavy atom. The van der Waals surface area contributed by atoms with Crippen molar-refractivity contribution >= 4 is 75.8 Å². The number of rotatable bonds is 18. The van der Waals surface area contributed by atoms with Crippen LogP contribution in [-0.4, -0.2) is 118 Å². The van der Waals surface area contributed by atoms with Gasteiger partial charge >= 0.3 is 23.9 Å². The predicted molar refractivity (Wildman–Crippen MR) is 219 cm³/mol. The third-order valence-corrected chi connectivity index (χ3v) is 8.80. The van der Waals surface area contributed by atoms with Crippen LogP contribution in [0, 0.1) is 0 Å². The van der Waals surface area contributed by atoms with Gasteiger partial charge in [0.1, 0.15) is 11.5 Å². The van der Waals surface area contributed by atoms with Crippen LogP contribution in [0.4, 0.5) is 52.0 Å². The number of hydrogen-bond acceptors (Lipinski definition) is 18. The minimum Gasteiger partial charge on any atom is -0.494 e. The largest absolute Gasteiger partial charge is 0.494 e. The molecule has 6 rings (SSSR count). The number of nitrogens with zero attached hydrogens (tertiary/aromatic N) is 8. The first-order chi connectivity index (χ1) is 29.4. The smallest absolute Gasteiger partial charge is 0.335 e. The summed E-state index contributed by atoms with van der Waals surface area (Å²) in [6.45, 7) is 4.86. The highest BCUT2D eigenvalue weighted by molar-refractivity contribution is 5.96. The van der Waals surface area contributed by atoms with E-state index >= 15 is 0 Å².